The number of hydrogen-bond donors (Lipinski definition) is 0. The molecular weight excluding hydrogens is 304 g/mol. The second-order valence-electron chi connectivity index (χ2n) is 5.63. The largest absolute Gasteiger partial charge is 0.496 e. The number of carbonyl (C=O) groups is 2. The number of ether oxygens (including phenoxy) is 2. The fraction of sp³-hybridized carbons (Fsp3) is 0.333. The van der Waals surface area contributed by atoms with Crippen molar-refractivity contribution in [2.75, 3.05) is 12.0 Å². The summed E-state index contributed by atoms with van der Waals surface area (Å²) in [6.07, 6.45) is 2.68. The van der Waals surface area contributed by atoms with Crippen molar-refractivity contribution in [3.63, 3.8) is 0 Å². The van der Waals surface area contributed by atoms with E-state index in [4.69, 9.17) is 9.47 Å². The summed E-state index contributed by atoms with van der Waals surface area (Å²) in [5.41, 5.74) is -0.369. The number of anilines is 1. The zero-order valence-electron chi connectivity index (χ0n) is 12.0. The van der Waals surface area contributed by atoms with Crippen LogP contribution in [0.3, 0.4) is 0 Å². The van der Waals surface area contributed by atoms with Crippen LogP contribution in [-0.2, 0) is 14.3 Å². The zero-order chi connectivity index (χ0) is 16.3. The van der Waals surface area contributed by atoms with Crippen LogP contribution in [0.4, 0.5) is 11.4 Å². The minimum atomic E-state index is -0.629. The van der Waals surface area contributed by atoms with Crippen LogP contribution in [0.25, 0.3) is 0 Å². The van der Waals surface area contributed by atoms with Crippen molar-refractivity contribution in [2.24, 2.45) is 11.8 Å². The topological polar surface area (TPSA) is 99.0 Å². The molecule has 0 spiro atoms. The molecule has 0 saturated carbocycles. The molecule has 0 aliphatic carbocycles. The molecule has 118 valence electrons. The number of carbonyl (C=O) groups excluding carboxylic acids is 2. The smallest absolute Gasteiger partial charge is 0.297 e. The zero-order valence-corrected chi connectivity index (χ0v) is 12.0. The highest BCUT2D eigenvalue weighted by molar-refractivity contribution is 6.24. The van der Waals surface area contributed by atoms with Crippen molar-refractivity contribution in [2.45, 2.75) is 12.2 Å². The molecule has 4 rings (SSSR count). The molecule has 3 heterocycles. The van der Waals surface area contributed by atoms with Crippen molar-refractivity contribution in [1.29, 1.82) is 0 Å². The van der Waals surface area contributed by atoms with E-state index in [0.29, 0.717) is 0 Å². The third kappa shape index (κ3) is 1.75. The van der Waals surface area contributed by atoms with E-state index < -0.39 is 40.8 Å². The molecule has 0 N–H and O–H groups in total. The molecule has 2 amide bonds. The van der Waals surface area contributed by atoms with Crippen LogP contribution >= 0.6 is 0 Å². The fourth-order valence-electron chi connectivity index (χ4n) is 3.51. The molecular formula is C15H12N2O6. The lowest BCUT2D eigenvalue weighted by atomic mass is 9.85. The van der Waals surface area contributed by atoms with Gasteiger partial charge in [0, 0.05) is 0 Å². The second-order valence-corrected chi connectivity index (χ2v) is 5.63. The number of benzene rings is 1. The lowest BCUT2D eigenvalue weighted by molar-refractivity contribution is -0.384. The Kier molecular flexibility index (Phi) is 2.79. The summed E-state index contributed by atoms with van der Waals surface area (Å²) in [5.74, 6) is -1.82. The summed E-state index contributed by atoms with van der Waals surface area (Å²) in [4.78, 5) is 36.9. The van der Waals surface area contributed by atoms with Gasteiger partial charge in [0.2, 0.25) is 11.8 Å². The van der Waals surface area contributed by atoms with Crippen LogP contribution in [0, 0.1) is 22.0 Å². The normalized spacial score (nSPS) is 30.9. The number of nitrogens with zero attached hydrogens (tertiary/aromatic N) is 2. The average Bonchev–Trinajstić information content (AvgIpc) is 3.21. The van der Waals surface area contributed by atoms with Crippen molar-refractivity contribution in [3.8, 4) is 5.75 Å². The Labute approximate surface area is 130 Å². The molecule has 23 heavy (non-hydrogen) atoms. The lowest BCUT2D eigenvalue weighted by Crippen LogP contribution is -2.34. The van der Waals surface area contributed by atoms with Crippen LogP contribution in [0.5, 0.6) is 5.75 Å². The van der Waals surface area contributed by atoms with Gasteiger partial charge < -0.3 is 9.47 Å². The molecule has 1 aromatic rings. The number of fused-ring (bicyclic) bond motifs is 5. The molecule has 4 unspecified atom stereocenters. The minimum Gasteiger partial charge on any atom is -0.496 e. The van der Waals surface area contributed by atoms with Crippen molar-refractivity contribution in [1.82, 2.24) is 0 Å². The maximum Gasteiger partial charge on any atom is 0.297 e. The number of rotatable bonds is 3. The highest BCUT2D eigenvalue weighted by Gasteiger charge is 2.61. The Balaban J connectivity index is 1.79. The van der Waals surface area contributed by atoms with E-state index in [1.54, 1.807) is 12.2 Å². The Morgan fingerprint density at radius 2 is 1.78 bits per heavy atom. The first-order valence-electron chi connectivity index (χ1n) is 7.07. The van der Waals surface area contributed by atoms with Crippen LogP contribution in [0.2, 0.25) is 0 Å². The molecule has 0 aromatic heterocycles. The van der Waals surface area contributed by atoms with Gasteiger partial charge in [-0.15, -0.1) is 0 Å². The quantitative estimate of drug-likeness (QED) is 0.358. The minimum absolute atomic E-state index is 0.0281. The maximum absolute atomic E-state index is 12.7. The van der Waals surface area contributed by atoms with E-state index in [0.717, 1.165) is 4.90 Å². The third-order valence-electron chi connectivity index (χ3n) is 4.53. The number of methoxy groups -OCH3 is 1. The first-order valence-corrected chi connectivity index (χ1v) is 7.07. The predicted molar refractivity (Wildman–Crippen MR) is 76.9 cm³/mol. The van der Waals surface area contributed by atoms with Crippen LogP contribution in [0.1, 0.15) is 0 Å². The Bertz CT molecular complexity index is 743. The Morgan fingerprint density at radius 3 is 2.30 bits per heavy atom. The van der Waals surface area contributed by atoms with Crippen molar-refractivity contribution >= 4 is 23.2 Å². The number of amides is 2. The van der Waals surface area contributed by atoms with Crippen molar-refractivity contribution in [3.05, 3.63) is 40.5 Å². The molecule has 2 fully saturated rings. The van der Waals surface area contributed by atoms with Crippen LogP contribution in [0.15, 0.2) is 30.4 Å². The second kappa shape index (κ2) is 4.63. The average molecular weight is 316 g/mol. The van der Waals surface area contributed by atoms with Gasteiger partial charge in [-0.1, -0.05) is 12.2 Å². The van der Waals surface area contributed by atoms with E-state index in [-0.39, 0.29) is 17.1 Å². The highest BCUT2D eigenvalue weighted by Crippen LogP contribution is 2.47. The number of nitro groups is 1. The third-order valence-corrected chi connectivity index (χ3v) is 4.53. The van der Waals surface area contributed by atoms with E-state index in [2.05, 4.69) is 0 Å². The van der Waals surface area contributed by atoms with Gasteiger partial charge in [0.05, 0.1) is 42.1 Å². The Morgan fingerprint density at radius 1 is 1.17 bits per heavy atom. The molecule has 2 bridgehead atoms. The summed E-state index contributed by atoms with van der Waals surface area (Å²) in [6, 6.07) is 4.05. The summed E-state index contributed by atoms with van der Waals surface area (Å²) in [6.45, 7) is 0. The van der Waals surface area contributed by atoms with Gasteiger partial charge in [-0.3, -0.25) is 19.7 Å². The van der Waals surface area contributed by atoms with Crippen molar-refractivity contribution < 1.29 is 24.0 Å². The van der Waals surface area contributed by atoms with E-state index in [9.17, 15) is 19.7 Å². The number of imide groups is 1. The maximum atomic E-state index is 12.7. The van der Waals surface area contributed by atoms with E-state index >= 15 is 0 Å². The lowest BCUT2D eigenvalue weighted by Gasteiger charge is -2.17. The molecule has 3 aliphatic heterocycles. The fourth-order valence-corrected chi connectivity index (χ4v) is 3.51. The van der Waals surface area contributed by atoms with E-state index in [1.807, 2.05) is 0 Å². The number of nitro benzene ring substituents is 1. The van der Waals surface area contributed by atoms with Crippen LogP contribution < -0.4 is 9.64 Å². The molecule has 3 aliphatic rings. The predicted octanol–water partition coefficient (Wildman–Crippen LogP) is 1.05. The summed E-state index contributed by atoms with van der Waals surface area (Å²) >= 11 is 0. The highest BCUT2D eigenvalue weighted by atomic mass is 16.6. The molecule has 8 heteroatoms. The van der Waals surface area contributed by atoms with Gasteiger partial charge in [-0.05, 0) is 12.1 Å². The molecule has 0 radical (unpaired) electrons. The number of hydrogen-bond acceptors (Lipinski definition) is 6. The summed E-state index contributed by atoms with van der Waals surface area (Å²) in [5, 5.41) is 11.3. The van der Waals surface area contributed by atoms with Crippen LogP contribution in [-0.4, -0.2) is 36.1 Å². The SMILES string of the molecule is COc1ccc(N2C(=O)C3C4C=CC(O4)C3C2=O)c([N+](=O)[O-])c1. The standard InChI is InChI=1S/C15H12N2O6/c1-22-7-2-3-8(9(6-7)17(20)21)16-14(18)12-10-4-5-11(23-10)13(12)15(16)19/h2-6,10-13H,1H3. The molecule has 2 saturated heterocycles. The van der Waals surface area contributed by atoms with Gasteiger partial charge >= 0.3 is 0 Å². The summed E-state index contributed by atoms with van der Waals surface area (Å²) < 4.78 is 10.5. The molecule has 4 atom stereocenters. The monoisotopic (exact) mass is 316 g/mol. The first kappa shape index (κ1) is 13.9. The molecule has 1 aromatic carbocycles. The van der Waals surface area contributed by atoms with Gasteiger partial charge in [0.15, 0.2) is 0 Å². The van der Waals surface area contributed by atoms with Gasteiger partial charge in [-0.2, -0.15) is 0 Å². The van der Waals surface area contributed by atoms with Gasteiger partial charge in [0.1, 0.15) is 11.4 Å². The van der Waals surface area contributed by atoms with E-state index in [1.165, 1.54) is 25.3 Å². The Hall–Kier alpha value is -2.74. The van der Waals surface area contributed by atoms with Gasteiger partial charge in [-0.25, -0.2) is 4.90 Å². The summed E-state index contributed by atoms with van der Waals surface area (Å²) in [7, 11) is 1.38. The first-order chi connectivity index (χ1) is 11.0. The molecule has 8 nitrogen and oxygen atoms in total. The van der Waals surface area contributed by atoms with Gasteiger partial charge in [0.25, 0.3) is 5.69 Å².